The van der Waals surface area contributed by atoms with Crippen LogP contribution in [0.1, 0.15) is 44.6 Å². The number of ether oxygens (including phenoxy) is 2. The Balaban J connectivity index is 2.29. The van der Waals surface area contributed by atoms with Gasteiger partial charge in [0.2, 0.25) is 0 Å². The molecule has 1 aromatic rings. The van der Waals surface area contributed by atoms with Gasteiger partial charge in [-0.05, 0) is 20.3 Å². The van der Waals surface area contributed by atoms with Gasteiger partial charge in [-0.1, -0.05) is 6.92 Å². The number of nitrogens with zero attached hydrogens (tertiary/aromatic N) is 2. The Morgan fingerprint density at radius 2 is 2.05 bits per heavy atom. The zero-order valence-electron chi connectivity index (χ0n) is 12.7. The minimum Gasteiger partial charge on any atom is -0.381 e. The van der Waals surface area contributed by atoms with Crippen LogP contribution in [0.15, 0.2) is 6.07 Å². The molecule has 0 radical (unpaired) electrons. The molecule has 5 nitrogen and oxygen atoms in total. The molecule has 5 heteroatoms. The molecule has 112 valence electrons. The van der Waals surface area contributed by atoms with Gasteiger partial charge in [0.25, 0.3) is 0 Å². The smallest absolute Gasteiger partial charge is 0.163 e. The maximum atomic E-state index is 6.04. The van der Waals surface area contributed by atoms with Gasteiger partial charge < -0.3 is 14.8 Å². The first-order chi connectivity index (χ1) is 9.70. The summed E-state index contributed by atoms with van der Waals surface area (Å²) >= 11 is 0. The first-order valence-corrected chi connectivity index (χ1v) is 7.52. The van der Waals surface area contributed by atoms with Crippen molar-refractivity contribution in [2.24, 2.45) is 0 Å². The second kappa shape index (κ2) is 6.99. The number of anilines is 1. The van der Waals surface area contributed by atoms with Crippen LogP contribution in [0.2, 0.25) is 0 Å². The predicted octanol–water partition coefficient (Wildman–Crippen LogP) is 2.65. The summed E-state index contributed by atoms with van der Waals surface area (Å²) in [4.78, 5) is 9.31. The van der Waals surface area contributed by atoms with Gasteiger partial charge in [0, 0.05) is 51.0 Å². The third-order valence-electron chi connectivity index (χ3n) is 3.54. The second-order valence-corrected chi connectivity index (χ2v) is 5.18. The molecular weight excluding hydrogens is 254 g/mol. The summed E-state index contributed by atoms with van der Waals surface area (Å²) in [6, 6.07) is 1.98. The largest absolute Gasteiger partial charge is 0.381 e. The van der Waals surface area contributed by atoms with Crippen molar-refractivity contribution in [2.45, 2.75) is 45.6 Å². The van der Waals surface area contributed by atoms with E-state index in [4.69, 9.17) is 9.47 Å². The van der Waals surface area contributed by atoms with Crippen LogP contribution in [-0.4, -0.2) is 36.3 Å². The van der Waals surface area contributed by atoms with Gasteiger partial charge in [0.1, 0.15) is 11.4 Å². The molecule has 0 bridgehead atoms. The van der Waals surface area contributed by atoms with E-state index in [1.165, 1.54) is 0 Å². The van der Waals surface area contributed by atoms with Gasteiger partial charge in [0.15, 0.2) is 5.82 Å². The van der Waals surface area contributed by atoms with E-state index in [-0.39, 0.29) is 5.60 Å². The number of nitrogens with one attached hydrogen (secondary N) is 1. The van der Waals surface area contributed by atoms with E-state index in [2.05, 4.69) is 22.2 Å². The van der Waals surface area contributed by atoms with E-state index in [9.17, 15) is 0 Å². The third-order valence-corrected chi connectivity index (χ3v) is 3.54. The Kier molecular flexibility index (Phi) is 5.31. The lowest BCUT2D eigenvalue weighted by molar-refractivity contribution is -0.117. The van der Waals surface area contributed by atoms with E-state index in [1.54, 1.807) is 0 Å². The highest BCUT2D eigenvalue weighted by Gasteiger charge is 2.38. The van der Waals surface area contributed by atoms with Gasteiger partial charge in [0.05, 0.1) is 0 Å². The monoisotopic (exact) mass is 279 g/mol. The lowest BCUT2D eigenvalue weighted by Crippen LogP contribution is -2.38. The number of aryl methyl sites for hydroxylation is 1. The van der Waals surface area contributed by atoms with Crippen molar-refractivity contribution < 1.29 is 9.47 Å². The first-order valence-electron chi connectivity index (χ1n) is 7.52. The molecule has 0 atom stereocenters. The molecule has 0 aromatic carbocycles. The van der Waals surface area contributed by atoms with Gasteiger partial charge in [-0.15, -0.1) is 0 Å². The van der Waals surface area contributed by atoms with Crippen molar-refractivity contribution in [3.8, 4) is 0 Å². The quantitative estimate of drug-likeness (QED) is 0.867. The van der Waals surface area contributed by atoms with Crippen LogP contribution >= 0.6 is 0 Å². The normalized spacial score (nSPS) is 17.9. The lowest BCUT2D eigenvalue weighted by atomic mass is 9.92. The fourth-order valence-corrected chi connectivity index (χ4v) is 2.53. The Morgan fingerprint density at radius 1 is 1.30 bits per heavy atom. The number of hydrogen-bond acceptors (Lipinski definition) is 5. The van der Waals surface area contributed by atoms with Gasteiger partial charge in [-0.2, -0.15) is 0 Å². The molecule has 0 unspecified atom stereocenters. The van der Waals surface area contributed by atoms with E-state index in [0.717, 1.165) is 43.1 Å². The molecule has 1 aromatic heterocycles. The second-order valence-electron chi connectivity index (χ2n) is 5.18. The van der Waals surface area contributed by atoms with E-state index >= 15 is 0 Å². The zero-order valence-corrected chi connectivity index (χ0v) is 12.7. The molecule has 0 amide bonds. The molecule has 1 aliphatic rings. The van der Waals surface area contributed by atoms with Crippen LogP contribution in [0, 0.1) is 6.92 Å². The highest BCUT2D eigenvalue weighted by molar-refractivity contribution is 5.36. The van der Waals surface area contributed by atoms with Crippen LogP contribution in [0.25, 0.3) is 0 Å². The molecule has 1 fully saturated rings. The van der Waals surface area contributed by atoms with Crippen LogP contribution in [0.3, 0.4) is 0 Å². The number of rotatable bonds is 6. The van der Waals surface area contributed by atoms with Gasteiger partial charge in [-0.25, -0.2) is 9.97 Å². The highest BCUT2D eigenvalue weighted by atomic mass is 16.5. The Bertz CT molecular complexity index is 426. The van der Waals surface area contributed by atoms with Crippen molar-refractivity contribution in [3.05, 3.63) is 17.6 Å². The average Bonchev–Trinajstić information content (AvgIpc) is 2.46. The minimum absolute atomic E-state index is 0.387. The summed E-state index contributed by atoms with van der Waals surface area (Å²) in [5.41, 5.74) is 0.584. The fraction of sp³-hybridized carbons (Fsp3) is 0.733. The Morgan fingerprint density at radius 3 is 2.70 bits per heavy atom. The first kappa shape index (κ1) is 15.2. The summed E-state index contributed by atoms with van der Waals surface area (Å²) in [5, 5.41) is 3.34. The van der Waals surface area contributed by atoms with Gasteiger partial charge in [-0.3, -0.25) is 0 Å². The minimum atomic E-state index is -0.387. The fourth-order valence-electron chi connectivity index (χ4n) is 2.53. The zero-order chi connectivity index (χ0) is 14.4. The Hall–Kier alpha value is -1.20. The molecule has 0 spiro atoms. The van der Waals surface area contributed by atoms with Crippen LogP contribution in [0.5, 0.6) is 0 Å². The van der Waals surface area contributed by atoms with Crippen molar-refractivity contribution in [1.82, 2.24) is 9.97 Å². The molecular formula is C15H25N3O2. The van der Waals surface area contributed by atoms with Crippen molar-refractivity contribution in [3.63, 3.8) is 0 Å². The number of hydrogen-bond donors (Lipinski definition) is 1. The molecule has 0 aliphatic carbocycles. The van der Waals surface area contributed by atoms with Crippen molar-refractivity contribution >= 4 is 5.82 Å². The lowest BCUT2D eigenvalue weighted by Gasteiger charge is -2.35. The van der Waals surface area contributed by atoms with E-state index < -0.39 is 0 Å². The molecule has 0 saturated carbocycles. The molecule has 1 N–H and O–H groups in total. The molecule has 2 rings (SSSR count). The third kappa shape index (κ3) is 3.46. The van der Waals surface area contributed by atoms with Crippen LogP contribution in [-0.2, 0) is 15.1 Å². The summed E-state index contributed by atoms with van der Waals surface area (Å²) in [7, 11) is 0. The summed E-state index contributed by atoms with van der Waals surface area (Å²) < 4.78 is 11.5. The highest BCUT2D eigenvalue weighted by Crippen LogP contribution is 2.34. The summed E-state index contributed by atoms with van der Waals surface area (Å²) in [5.74, 6) is 1.68. The molecule has 2 heterocycles. The standard InChI is InChI=1S/C15H25N3O2/c1-4-8-16-13-11-12(3)17-14(18-13)15(20-5-2)6-9-19-10-7-15/h11H,4-10H2,1-3H3,(H,16,17,18). The van der Waals surface area contributed by atoms with E-state index in [1.807, 2.05) is 19.9 Å². The molecule has 1 aliphatic heterocycles. The topological polar surface area (TPSA) is 56.3 Å². The SMILES string of the molecule is CCCNc1cc(C)nc(C2(OCC)CCOCC2)n1. The average molecular weight is 279 g/mol. The van der Waals surface area contributed by atoms with Crippen LogP contribution < -0.4 is 5.32 Å². The van der Waals surface area contributed by atoms with E-state index in [0.29, 0.717) is 19.8 Å². The Labute approximate surface area is 121 Å². The van der Waals surface area contributed by atoms with Gasteiger partial charge >= 0.3 is 0 Å². The maximum Gasteiger partial charge on any atom is 0.163 e. The molecule has 20 heavy (non-hydrogen) atoms. The van der Waals surface area contributed by atoms with Crippen molar-refractivity contribution in [2.75, 3.05) is 31.7 Å². The number of aromatic nitrogens is 2. The van der Waals surface area contributed by atoms with Crippen LogP contribution in [0.4, 0.5) is 5.82 Å². The molecule has 1 saturated heterocycles. The summed E-state index contributed by atoms with van der Waals surface area (Å²) in [6.07, 6.45) is 2.71. The maximum absolute atomic E-state index is 6.04. The predicted molar refractivity (Wildman–Crippen MR) is 78.9 cm³/mol. The van der Waals surface area contributed by atoms with Crippen molar-refractivity contribution in [1.29, 1.82) is 0 Å². The summed E-state index contributed by atoms with van der Waals surface area (Å²) in [6.45, 7) is 9.15.